The summed E-state index contributed by atoms with van der Waals surface area (Å²) in [6, 6.07) is 0. The van der Waals surface area contributed by atoms with Crippen molar-refractivity contribution in [2.45, 2.75) is 58.8 Å². The van der Waals surface area contributed by atoms with Gasteiger partial charge in [0, 0.05) is 18.3 Å². The van der Waals surface area contributed by atoms with Crippen molar-refractivity contribution in [3.05, 3.63) is 0 Å². The van der Waals surface area contributed by atoms with Crippen LogP contribution in [0.25, 0.3) is 0 Å². The summed E-state index contributed by atoms with van der Waals surface area (Å²) in [5.74, 6) is 0.421. The molecule has 14 heavy (non-hydrogen) atoms. The molecule has 0 unspecified atom stereocenters. The molecule has 1 aliphatic carbocycles. The van der Waals surface area contributed by atoms with E-state index in [1.54, 1.807) is 6.92 Å². The lowest BCUT2D eigenvalue weighted by molar-refractivity contribution is -0.131. The minimum absolute atomic E-state index is 0.117. The lowest BCUT2D eigenvalue weighted by atomic mass is 9.71. The molecule has 80 valence electrons. The van der Waals surface area contributed by atoms with Crippen LogP contribution in [0.15, 0.2) is 0 Å². The SMILES string of the molecule is CC(=O)CCC(=O)C1(C)CCCCC1. The molecule has 0 aromatic heterocycles. The maximum absolute atomic E-state index is 11.9. The van der Waals surface area contributed by atoms with Crippen molar-refractivity contribution >= 4 is 11.6 Å². The fourth-order valence-electron chi connectivity index (χ4n) is 2.20. The van der Waals surface area contributed by atoms with E-state index < -0.39 is 0 Å². The molecule has 1 fully saturated rings. The Morgan fingerprint density at radius 1 is 1.07 bits per heavy atom. The normalized spacial score (nSPS) is 20.4. The summed E-state index contributed by atoms with van der Waals surface area (Å²) >= 11 is 0. The van der Waals surface area contributed by atoms with Gasteiger partial charge in [0.25, 0.3) is 0 Å². The molecule has 0 saturated heterocycles. The first-order valence-corrected chi connectivity index (χ1v) is 5.57. The highest BCUT2D eigenvalue weighted by atomic mass is 16.1. The quantitative estimate of drug-likeness (QED) is 0.692. The van der Waals surface area contributed by atoms with Crippen molar-refractivity contribution < 1.29 is 9.59 Å². The molecule has 1 rings (SSSR count). The van der Waals surface area contributed by atoms with E-state index in [0.29, 0.717) is 18.6 Å². The average Bonchev–Trinajstić information content (AvgIpc) is 2.15. The molecular weight excluding hydrogens is 176 g/mol. The smallest absolute Gasteiger partial charge is 0.139 e. The molecule has 0 radical (unpaired) electrons. The Labute approximate surface area is 86.1 Å². The predicted molar refractivity (Wildman–Crippen MR) is 56.1 cm³/mol. The van der Waals surface area contributed by atoms with Crippen LogP contribution in [0, 0.1) is 5.41 Å². The molecule has 0 aromatic rings. The molecule has 1 saturated carbocycles. The van der Waals surface area contributed by atoms with E-state index in [1.165, 1.54) is 19.3 Å². The van der Waals surface area contributed by atoms with Gasteiger partial charge in [-0.2, -0.15) is 0 Å². The van der Waals surface area contributed by atoms with Crippen LogP contribution in [0.2, 0.25) is 0 Å². The van der Waals surface area contributed by atoms with E-state index in [2.05, 4.69) is 6.92 Å². The van der Waals surface area contributed by atoms with Crippen LogP contribution in [0.3, 0.4) is 0 Å². The lowest BCUT2D eigenvalue weighted by Gasteiger charge is -2.31. The summed E-state index contributed by atoms with van der Waals surface area (Å²) in [6.07, 6.45) is 6.51. The van der Waals surface area contributed by atoms with Gasteiger partial charge in [0.2, 0.25) is 0 Å². The third-order valence-corrected chi connectivity index (χ3v) is 3.33. The second-order valence-corrected chi connectivity index (χ2v) is 4.75. The number of Topliss-reactive ketones (excluding diaryl/α,β-unsaturated/α-hetero) is 2. The number of carbonyl (C=O) groups is 2. The standard InChI is InChI=1S/C12H20O2/c1-10(13)6-7-11(14)12(2)8-4-3-5-9-12/h3-9H2,1-2H3. The van der Waals surface area contributed by atoms with Crippen LogP contribution in [0.4, 0.5) is 0 Å². The first-order valence-electron chi connectivity index (χ1n) is 5.57. The van der Waals surface area contributed by atoms with Crippen molar-refractivity contribution in [3.8, 4) is 0 Å². The Hall–Kier alpha value is -0.660. The summed E-state index contributed by atoms with van der Waals surface area (Å²) in [7, 11) is 0. The van der Waals surface area contributed by atoms with E-state index in [4.69, 9.17) is 0 Å². The van der Waals surface area contributed by atoms with Crippen LogP contribution in [-0.4, -0.2) is 11.6 Å². The first-order chi connectivity index (χ1) is 6.54. The summed E-state index contributed by atoms with van der Waals surface area (Å²) < 4.78 is 0. The minimum atomic E-state index is -0.117. The Balaban J connectivity index is 2.45. The number of ketones is 2. The Kier molecular flexibility index (Phi) is 3.85. The van der Waals surface area contributed by atoms with Crippen LogP contribution in [0.5, 0.6) is 0 Å². The Morgan fingerprint density at radius 3 is 2.14 bits per heavy atom. The summed E-state index contributed by atoms with van der Waals surface area (Å²) in [6.45, 7) is 3.62. The van der Waals surface area contributed by atoms with Gasteiger partial charge in [-0.05, 0) is 19.8 Å². The van der Waals surface area contributed by atoms with E-state index in [0.717, 1.165) is 12.8 Å². The largest absolute Gasteiger partial charge is 0.300 e. The molecule has 0 spiro atoms. The molecule has 0 N–H and O–H groups in total. The van der Waals surface area contributed by atoms with Crippen LogP contribution in [0.1, 0.15) is 58.8 Å². The molecule has 0 amide bonds. The molecule has 2 heteroatoms. The highest BCUT2D eigenvalue weighted by Crippen LogP contribution is 2.37. The summed E-state index contributed by atoms with van der Waals surface area (Å²) in [5.41, 5.74) is -0.117. The fourth-order valence-corrected chi connectivity index (χ4v) is 2.20. The zero-order valence-electron chi connectivity index (χ0n) is 9.27. The van der Waals surface area contributed by atoms with E-state index in [9.17, 15) is 9.59 Å². The fraction of sp³-hybridized carbons (Fsp3) is 0.833. The van der Waals surface area contributed by atoms with Gasteiger partial charge in [-0.3, -0.25) is 4.79 Å². The molecular formula is C12H20O2. The van der Waals surface area contributed by atoms with Crippen molar-refractivity contribution in [2.24, 2.45) is 5.41 Å². The van der Waals surface area contributed by atoms with Crippen molar-refractivity contribution in [1.29, 1.82) is 0 Å². The molecule has 0 atom stereocenters. The predicted octanol–water partition coefficient (Wildman–Crippen LogP) is 2.90. The van der Waals surface area contributed by atoms with Crippen molar-refractivity contribution in [2.75, 3.05) is 0 Å². The van der Waals surface area contributed by atoms with Crippen LogP contribution < -0.4 is 0 Å². The van der Waals surface area contributed by atoms with Crippen LogP contribution in [-0.2, 0) is 9.59 Å². The van der Waals surface area contributed by atoms with Gasteiger partial charge >= 0.3 is 0 Å². The second kappa shape index (κ2) is 4.72. The Bertz CT molecular complexity index is 224. The molecule has 2 nitrogen and oxygen atoms in total. The van der Waals surface area contributed by atoms with Gasteiger partial charge in [0.15, 0.2) is 0 Å². The highest BCUT2D eigenvalue weighted by molar-refractivity contribution is 5.88. The molecule has 0 bridgehead atoms. The molecule has 1 aliphatic rings. The summed E-state index contributed by atoms with van der Waals surface area (Å²) in [5, 5.41) is 0. The lowest BCUT2D eigenvalue weighted by Crippen LogP contribution is -2.30. The third kappa shape index (κ3) is 2.93. The summed E-state index contributed by atoms with van der Waals surface area (Å²) in [4.78, 5) is 22.7. The van der Waals surface area contributed by atoms with Gasteiger partial charge in [-0.15, -0.1) is 0 Å². The van der Waals surface area contributed by atoms with E-state index in [-0.39, 0.29) is 11.2 Å². The monoisotopic (exact) mass is 196 g/mol. The number of carbonyl (C=O) groups excluding carboxylic acids is 2. The van der Waals surface area contributed by atoms with E-state index >= 15 is 0 Å². The van der Waals surface area contributed by atoms with Gasteiger partial charge in [-0.1, -0.05) is 26.2 Å². The molecule has 0 aliphatic heterocycles. The van der Waals surface area contributed by atoms with E-state index in [1.807, 2.05) is 0 Å². The van der Waals surface area contributed by atoms with Crippen molar-refractivity contribution in [1.82, 2.24) is 0 Å². The van der Waals surface area contributed by atoms with Crippen LogP contribution >= 0.6 is 0 Å². The van der Waals surface area contributed by atoms with Gasteiger partial charge in [0.05, 0.1) is 0 Å². The Morgan fingerprint density at radius 2 is 1.64 bits per heavy atom. The highest BCUT2D eigenvalue weighted by Gasteiger charge is 2.33. The zero-order valence-corrected chi connectivity index (χ0v) is 9.27. The van der Waals surface area contributed by atoms with Crippen molar-refractivity contribution in [3.63, 3.8) is 0 Å². The average molecular weight is 196 g/mol. The maximum atomic E-state index is 11.9. The molecule has 0 aromatic carbocycles. The molecule has 0 heterocycles. The zero-order chi connectivity index (χ0) is 10.6. The third-order valence-electron chi connectivity index (χ3n) is 3.33. The minimum Gasteiger partial charge on any atom is -0.300 e. The maximum Gasteiger partial charge on any atom is 0.139 e. The first kappa shape index (κ1) is 11.4. The van der Waals surface area contributed by atoms with Gasteiger partial charge in [0.1, 0.15) is 11.6 Å². The topological polar surface area (TPSA) is 34.1 Å². The van der Waals surface area contributed by atoms with Gasteiger partial charge in [-0.25, -0.2) is 0 Å². The second-order valence-electron chi connectivity index (χ2n) is 4.75. The number of hydrogen-bond donors (Lipinski definition) is 0. The van der Waals surface area contributed by atoms with Gasteiger partial charge < -0.3 is 4.79 Å². The number of hydrogen-bond acceptors (Lipinski definition) is 2. The number of rotatable bonds is 4.